The second-order valence-electron chi connectivity index (χ2n) is 3.61. The van der Waals surface area contributed by atoms with Gasteiger partial charge in [-0.25, -0.2) is 0 Å². The van der Waals surface area contributed by atoms with Crippen molar-refractivity contribution in [1.29, 1.82) is 0 Å². The van der Waals surface area contributed by atoms with Gasteiger partial charge < -0.3 is 5.32 Å². The molecule has 1 fully saturated rings. The minimum absolute atomic E-state index is 0.620. The lowest BCUT2D eigenvalue weighted by Crippen LogP contribution is -2.27. The maximum Gasteiger partial charge on any atom is 0.0618 e. The Hall–Kier alpha value is -0.960. The number of hydrogen-bond donors (Lipinski definition) is 1. The first-order valence-electron chi connectivity index (χ1n) is 5.85. The van der Waals surface area contributed by atoms with Crippen molar-refractivity contribution in [1.82, 2.24) is 15.3 Å². The molecular formula is C12H21N3. The number of piperidine rings is 1. The van der Waals surface area contributed by atoms with E-state index in [1.165, 1.54) is 12.8 Å². The highest BCUT2D eigenvalue weighted by Gasteiger charge is 2.15. The zero-order valence-corrected chi connectivity index (χ0v) is 9.95. The zero-order chi connectivity index (χ0) is 11.1. The lowest BCUT2D eigenvalue weighted by molar-refractivity contribution is 0.452. The first kappa shape index (κ1) is 12.1. The number of aromatic nitrogens is 2. The molecule has 0 aromatic carbocycles. The van der Waals surface area contributed by atoms with Crippen LogP contribution in [0.4, 0.5) is 0 Å². The molecule has 3 heteroatoms. The van der Waals surface area contributed by atoms with Crippen molar-refractivity contribution in [2.45, 2.75) is 39.5 Å². The SMILES string of the molecule is CC.Cc1cnc(C2CCNCC2)cn1. The fourth-order valence-electron chi connectivity index (χ4n) is 1.73. The summed E-state index contributed by atoms with van der Waals surface area (Å²) in [6.07, 6.45) is 6.16. The van der Waals surface area contributed by atoms with Crippen LogP contribution in [0.5, 0.6) is 0 Å². The molecule has 84 valence electrons. The Morgan fingerprint density at radius 3 is 2.33 bits per heavy atom. The van der Waals surface area contributed by atoms with E-state index in [1.807, 2.05) is 33.2 Å². The number of hydrogen-bond acceptors (Lipinski definition) is 3. The minimum atomic E-state index is 0.620. The molecule has 0 amide bonds. The summed E-state index contributed by atoms with van der Waals surface area (Å²) in [6.45, 7) is 8.19. The molecule has 0 saturated carbocycles. The highest BCUT2D eigenvalue weighted by atomic mass is 14.9. The second kappa shape index (κ2) is 6.51. The Kier molecular flexibility index (Phi) is 5.26. The van der Waals surface area contributed by atoms with Gasteiger partial charge in [-0.3, -0.25) is 9.97 Å². The van der Waals surface area contributed by atoms with Crippen molar-refractivity contribution in [3.63, 3.8) is 0 Å². The highest BCUT2D eigenvalue weighted by Crippen LogP contribution is 2.22. The number of nitrogens with one attached hydrogen (secondary N) is 1. The molecule has 0 spiro atoms. The molecule has 1 aromatic heterocycles. The summed E-state index contributed by atoms with van der Waals surface area (Å²) in [5, 5.41) is 3.35. The first-order chi connectivity index (χ1) is 7.36. The molecule has 1 aromatic rings. The van der Waals surface area contributed by atoms with Crippen molar-refractivity contribution in [2.24, 2.45) is 0 Å². The summed E-state index contributed by atoms with van der Waals surface area (Å²) < 4.78 is 0. The fraction of sp³-hybridized carbons (Fsp3) is 0.667. The van der Waals surface area contributed by atoms with Crippen molar-refractivity contribution in [3.8, 4) is 0 Å². The van der Waals surface area contributed by atoms with Gasteiger partial charge in [0, 0.05) is 18.3 Å². The van der Waals surface area contributed by atoms with Crippen molar-refractivity contribution >= 4 is 0 Å². The third-order valence-electron chi connectivity index (χ3n) is 2.56. The van der Waals surface area contributed by atoms with Gasteiger partial charge in [0.05, 0.1) is 11.4 Å². The monoisotopic (exact) mass is 207 g/mol. The Bertz CT molecular complexity index is 263. The van der Waals surface area contributed by atoms with E-state index in [-0.39, 0.29) is 0 Å². The summed E-state index contributed by atoms with van der Waals surface area (Å²) in [5.41, 5.74) is 2.16. The molecule has 2 heterocycles. The fourth-order valence-corrected chi connectivity index (χ4v) is 1.73. The molecule has 3 nitrogen and oxygen atoms in total. The van der Waals surface area contributed by atoms with E-state index in [0.717, 1.165) is 24.5 Å². The summed E-state index contributed by atoms with van der Waals surface area (Å²) in [6, 6.07) is 0. The number of rotatable bonds is 1. The molecule has 1 N–H and O–H groups in total. The molecule has 0 unspecified atom stereocenters. The van der Waals surface area contributed by atoms with Crippen molar-refractivity contribution < 1.29 is 0 Å². The standard InChI is InChI=1S/C10H15N3.C2H6/c1-8-6-13-10(7-12-8)9-2-4-11-5-3-9;1-2/h6-7,9,11H,2-5H2,1H3;1-2H3. The molecule has 1 aliphatic heterocycles. The average molecular weight is 207 g/mol. The zero-order valence-electron chi connectivity index (χ0n) is 9.95. The molecule has 0 aliphatic carbocycles. The lowest BCUT2D eigenvalue weighted by Gasteiger charge is -2.21. The summed E-state index contributed by atoms with van der Waals surface area (Å²) in [5.74, 6) is 0.620. The maximum atomic E-state index is 4.41. The molecular weight excluding hydrogens is 186 g/mol. The van der Waals surface area contributed by atoms with E-state index in [2.05, 4.69) is 15.3 Å². The molecule has 0 atom stereocenters. The topological polar surface area (TPSA) is 37.8 Å². The van der Waals surface area contributed by atoms with E-state index < -0.39 is 0 Å². The van der Waals surface area contributed by atoms with Gasteiger partial charge in [-0.2, -0.15) is 0 Å². The number of aryl methyl sites for hydroxylation is 1. The molecule has 1 aliphatic rings. The van der Waals surface area contributed by atoms with Crippen LogP contribution in [0.15, 0.2) is 12.4 Å². The van der Waals surface area contributed by atoms with E-state index >= 15 is 0 Å². The van der Waals surface area contributed by atoms with Gasteiger partial charge in [0.1, 0.15) is 0 Å². The summed E-state index contributed by atoms with van der Waals surface area (Å²) in [7, 11) is 0. The van der Waals surface area contributed by atoms with Crippen LogP contribution in [0, 0.1) is 6.92 Å². The molecule has 15 heavy (non-hydrogen) atoms. The smallest absolute Gasteiger partial charge is 0.0618 e. The van der Waals surface area contributed by atoms with Gasteiger partial charge >= 0.3 is 0 Å². The van der Waals surface area contributed by atoms with E-state index in [4.69, 9.17) is 0 Å². The van der Waals surface area contributed by atoms with E-state index in [0.29, 0.717) is 5.92 Å². The normalized spacial score (nSPS) is 16.7. The first-order valence-corrected chi connectivity index (χ1v) is 5.85. The van der Waals surface area contributed by atoms with Crippen LogP contribution in [0.1, 0.15) is 44.0 Å². The third kappa shape index (κ3) is 3.59. The quantitative estimate of drug-likeness (QED) is 0.767. The highest BCUT2D eigenvalue weighted by molar-refractivity contribution is 5.07. The van der Waals surface area contributed by atoms with E-state index in [9.17, 15) is 0 Å². The van der Waals surface area contributed by atoms with Gasteiger partial charge in [-0.1, -0.05) is 13.8 Å². The van der Waals surface area contributed by atoms with Crippen molar-refractivity contribution in [2.75, 3.05) is 13.1 Å². The van der Waals surface area contributed by atoms with Crippen molar-refractivity contribution in [3.05, 3.63) is 23.8 Å². The predicted molar refractivity (Wildman–Crippen MR) is 63.0 cm³/mol. The third-order valence-corrected chi connectivity index (χ3v) is 2.56. The number of nitrogens with zero attached hydrogens (tertiary/aromatic N) is 2. The Morgan fingerprint density at radius 1 is 1.13 bits per heavy atom. The van der Waals surface area contributed by atoms with Crippen LogP contribution in [0.25, 0.3) is 0 Å². The molecule has 0 bridgehead atoms. The van der Waals surface area contributed by atoms with Gasteiger partial charge in [0.15, 0.2) is 0 Å². The summed E-state index contributed by atoms with van der Waals surface area (Å²) in [4.78, 5) is 8.68. The Balaban J connectivity index is 0.000000531. The molecule has 0 radical (unpaired) electrons. The van der Waals surface area contributed by atoms with Gasteiger partial charge in [-0.05, 0) is 32.9 Å². The van der Waals surface area contributed by atoms with Gasteiger partial charge in [0.2, 0.25) is 0 Å². The van der Waals surface area contributed by atoms with Crippen LogP contribution in [-0.2, 0) is 0 Å². The maximum absolute atomic E-state index is 4.41. The average Bonchev–Trinajstić information content (AvgIpc) is 2.34. The molecule has 1 saturated heterocycles. The second-order valence-corrected chi connectivity index (χ2v) is 3.61. The Labute approximate surface area is 92.3 Å². The van der Waals surface area contributed by atoms with E-state index in [1.54, 1.807) is 0 Å². The van der Waals surface area contributed by atoms with Crippen LogP contribution >= 0.6 is 0 Å². The lowest BCUT2D eigenvalue weighted by atomic mass is 9.95. The Morgan fingerprint density at radius 2 is 1.80 bits per heavy atom. The minimum Gasteiger partial charge on any atom is -0.317 e. The predicted octanol–water partition coefficient (Wildman–Crippen LogP) is 2.28. The van der Waals surface area contributed by atoms with Crippen LogP contribution in [0.3, 0.4) is 0 Å². The van der Waals surface area contributed by atoms with Crippen LogP contribution < -0.4 is 5.32 Å². The van der Waals surface area contributed by atoms with Gasteiger partial charge in [0.25, 0.3) is 0 Å². The van der Waals surface area contributed by atoms with Crippen LogP contribution in [-0.4, -0.2) is 23.1 Å². The van der Waals surface area contributed by atoms with Gasteiger partial charge in [-0.15, -0.1) is 0 Å². The largest absolute Gasteiger partial charge is 0.317 e. The summed E-state index contributed by atoms with van der Waals surface area (Å²) >= 11 is 0. The van der Waals surface area contributed by atoms with Crippen LogP contribution in [0.2, 0.25) is 0 Å². The molecule has 2 rings (SSSR count).